The fourth-order valence-electron chi connectivity index (χ4n) is 3.07. The SMILES string of the molecule is Cc1ccc(-c2nc(-c3ccccn3)cc(N3CCC(N)C3)n2)cc1. The molecule has 3 aromatic rings. The van der Waals surface area contributed by atoms with E-state index in [1.807, 2.05) is 24.3 Å². The lowest BCUT2D eigenvalue weighted by Crippen LogP contribution is -2.27. The second-order valence-electron chi connectivity index (χ2n) is 6.51. The van der Waals surface area contributed by atoms with Crippen molar-refractivity contribution in [2.75, 3.05) is 18.0 Å². The molecule has 0 radical (unpaired) electrons. The number of rotatable bonds is 3. The first-order valence-corrected chi connectivity index (χ1v) is 8.57. The highest BCUT2D eigenvalue weighted by Crippen LogP contribution is 2.27. The lowest BCUT2D eigenvalue weighted by Gasteiger charge is -2.18. The minimum atomic E-state index is 0.205. The summed E-state index contributed by atoms with van der Waals surface area (Å²) < 4.78 is 0. The maximum atomic E-state index is 6.08. The average Bonchev–Trinajstić information content (AvgIpc) is 3.09. The molecule has 0 spiro atoms. The van der Waals surface area contributed by atoms with Crippen LogP contribution in [0.5, 0.6) is 0 Å². The third-order valence-electron chi connectivity index (χ3n) is 4.50. The first kappa shape index (κ1) is 15.7. The van der Waals surface area contributed by atoms with E-state index in [2.05, 4.69) is 41.1 Å². The van der Waals surface area contributed by atoms with Gasteiger partial charge in [0.05, 0.1) is 11.4 Å². The van der Waals surface area contributed by atoms with Gasteiger partial charge in [0.2, 0.25) is 0 Å². The number of aromatic nitrogens is 3. The van der Waals surface area contributed by atoms with Crippen LogP contribution in [0.15, 0.2) is 54.7 Å². The van der Waals surface area contributed by atoms with E-state index in [1.54, 1.807) is 6.20 Å². The summed E-state index contributed by atoms with van der Waals surface area (Å²) in [5.74, 6) is 1.64. The molecule has 25 heavy (non-hydrogen) atoms. The normalized spacial score (nSPS) is 17.0. The van der Waals surface area contributed by atoms with Gasteiger partial charge in [-0.15, -0.1) is 0 Å². The Hall–Kier alpha value is -2.79. The Kier molecular flexibility index (Phi) is 4.15. The van der Waals surface area contributed by atoms with Crippen LogP contribution in [0.4, 0.5) is 5.82 Å². The van der Waals surface area contributed by atoms with Crippen LogP contribution >= 0.6 is 0 Å². The molecule has 2 N–H and O–H groups in total. The second-order valence-corrected chi connectivity index (χ2v) is 6.51. The number of aryl methyl sites for hydroxylation is 1. The van der Waals surface area contributed by atoms with Crippen molar-refractivity contribution < 1.29 is 0 Å². The Labute approximate surface area is 147 Å². The number of benzene rings is 1. The van der Waals surface area contributed by atoms with Crippen molar-refractivity contribution in [2.45, 2.75) is 19.4 Å². The zero-order chi connectivity index (χ0) is 17.2. The van der Waals surface area contributed by atoms with Crippen molar-refractivity contribution in [1.29, 1.82) is 0 Å². The first-order chi connectivity index (χ1) is 12.2. The van der Waals surface area contributed by atoms with Crippen molar-refractivity contribution in [3.63, 3.8) is 0 Å². The topological polar surface area (TPSA) is 67.9 Å². The van der Waals surface area contributed by atoms with E-state index in [0.29, 0.717) is 0 Å². The third kappa shape index (κ3) is 3.37. The minimum Gasteiger partial charge on any atom is -0.355 e. The molecule has 5 heteroatoms. The summed E-state index contributed by atoms with van der Waals surface area (Å²) in [6.07, 6.45) is 2.78. The Morgan fingerprint density at radius 2 is 1.88 bits per heavy atom. The molecule has 1 unspecified atom stereocenters. The monoisotopic (exact) mass is 331 g/mol. The van der Waals surface area contributed by atoms with Gasteiger partial charge < -0.3 is 10.6 Å². The maximum absolute atomic E-state index is 6.08. The lowest BCUT2D eigenvalue weighted by molar-refractivity contribution is 0.751. The van der Waals surface area contributed by atoms with Crippen molar-refractivity contribution in [3.8, 4) is 22.8 Å². The molecule has 126 valence electrons. The predicted octanol–water partition coefficient (Wildman–Crippen LogP) is 3.05. The number of nitrogens with zero attached hydrogens (tertiary/aromatic N) is 4. The molecule has 1 saturated heterocycles. The van der Waals surface area contributed by atoms with E-state index in [9.17, 15) is 0 Å². The van der Waals surface area contributed by atoms with Gasteiger partial charge in [-0.1, -0.05) is 35.9 Å². The Balaban J connectivity index is 1.81. The minimum absolute atomic E-state index is 0.205. The van der Waals surface area contributed by atoms with E-state index < -0.39 is 0 Å². The highest BCUT2D eigenvalue weighted by Gasteiger charge is 2.22. The number of nitrogens with two attached hydrogens (primary N) is 1. The van der Waals surface area contributed by atoms with Gasteiger partial charge in [0.25, 0.3) is 0 Å². The lowest BCUT2D eigenvalue weighted by atomic mass is 10.1. The Morgan fingerprint density at radius 1 is 1.04 bits per heavy atom. The molecule has 2 aromatic heterocycles. The summed E-state index contributed by atoms with van der Waals surface area (Å²) in [7, 11) is 0. The fourth-order valence-corrected chi connectivity index (χ4v) is 3.07. The molecule has 1 aliphatic heterocycles. The molecule has 0 aliphatic carbocycles. The third-order valence-corrected chi connectivity index (χ3v) is 4.50. The molecule has 5 nitrogen and oxygen atoms in total. The summed E-state index contributed by atoms with van der Waals surface area (Å²) in [6, 6.07) is 16.4. The zero-order valence-corrected chi connectivity index (χ0v) is 14.3. The molecule has 0 saturated carbocycles. The van der Waals surface area contributed by atoms with Crippen molar-refractivity contribution in [3.05, 3.63) is 60.3 Å². The highest BCUT2D eigenvalue weighted by molar-refractivity contribution is 5.66. The molecule has 3 heterocycles. The van der Waals surface area contributed by atoms with Gasteiger partial charge in [0.1, 0.15) is 5.82 Å². The van der Waals surface area contributed by atoms with Gasteiger partial charge in [-0.2, -0.15) is 0 Å². The van der Waals surface area contributed by atoms with Gasteiger partial charge in [0, 0.05) is 37.0 Å². The number of anilines is 1. The standard InChI is InChI=1S/C20H21N5/c1-14-5-7-15(8-6-14)20-23-18(17-4-2-3-10-22-17)12-19(24-20)25-11-9-16(21)13-25/h2-8,10,12,16H,9,11,13,21H2,1H3. The predicted molar refractivity (Wildman–Crippen MR) is 100 cm³/mol. The summed E-state index contributed by atoms with van der Waals surface area (Å²) in [5.41, 5.74) is 9.99. The van der Waals surface area contributed by atoms with Crippen LogP contribution in [0.25, 0.3) is 22.8 Å². The smallest absolute Gasteiger partial charge is 0.162 e. The zero-order valence-electron chi connectivity index (χ0n) is 14.3. The van der Waals surface area contributed by atoms with E-state index in [-0.39, 0.29) is 6.04 Å². The first-order valence-electron chi connectivity index (χ1n) is 8.57. The van der Waals surface area contributed by atoms with Crippen LogP contribution in [0.3, 0.4) is 0 Å². The summed E-state index contributed by atoms with van der Waals surface area (Å²) in [4.78, 5) is 16.2. The summed E-state index contributed by atoms with van der Waals surface area (Å²) in [5, 5.41) is 0. The highest BCUT2D eigenvalue weighted by atomic mass is 15.2. The van der Waals surface area contributed by atoms with Crippen LogP contribution in [0.1, 0.15) is 12.0 Å². The van der Waals surface area contributed by atoms with Gasteiger partial charge in [0.15, 0.2) is 5.82 Å². The van der Waals surface area contributed by atoms with Gasteiger partial charge in [-0.3, -0.25) is 4.98 Å². The molecule has 1 aliphatic rings. The van der Waals surface area contributed by atoms with Crippen LogP contribution in [-0.4, -0.2) is 34.1 Å². The summed E-state index contributed by atoms with van der Waals surface area (Å²) in [6.45, 7) is 3.82. The van der Waals surface area contributed by atoms with E-state index in [1.165, 1.54) is 5.56 Å². The second kappa shape index (κ2) is 6.61. The van der Waals surface area contributed by atoms with Gasteiger partial charge in [-0.05, 0) is 25.5 Å². The average molecular weight is 331 g/mol. The number of hydrogen-bond acceptors (Lipinski definition) is 5. The Bertz CT molecular complexity index is 861. The molecule has 4 rings (SSSR count). The summed E-state index contributed by atoms with van der Waals surface area (Å²) >= 11 is 0. The number of hydrogen-bond donors (Lipinski definition) is 1. The molecule has 1 atom stereocenters. The molecular weight excluding hydrogens is 310 g/mol. The number of pyridine rings is 1. The fraction of sp³-hybridized carbons (Fsp3) is 0.250. The molecule has 1 fully saturated rings. The van der Waals surface area contributed by atoms with E-state index in [4.69, 9.17) is 15.7 Å². The van der Waals surface area contributed by atoms with Crippen molar-refractivity contribution in [1.82, 2.24) is 15.0 Å². The van der Waals surface area contributed by atoms with E-state index in [0.717, 1.165) is 48.1 Å². The Morgan fingerprint density at radius 3 is 2.56 bits per heavy atom. The van der Waals surface area contributed by atoms with Crippen LogP contribution in [0.2, 0.25) is 0 Å². The maximum Gasteiger partial charge on any atom is 0.162 e. The quantitative estimate of drug-likeness (QED) is 0.799. The molecule has 0 bridgehead atoms. The van der Waals surface area contributed by atoms with Crippen molar-refractivity contribution in [2.24, 2.45) is 5.73 Å². The largest absolute Gasteiger partial charge is 0.355 e. The van der Waals surface area contributed by atoms with Crippen LogP contribution < -0.4 is 10.6 Å². The van der Waals surface area contributed by atoms with Crippen molar-refractivity contribution >= 4 is 5.82 Å². The van der Waals surface area contributed by atoms with Crippen LogP contribution in [0, 0.1) is 6.92 Å². The molecule has 0 amide bonds. The van der Waals surface area contributed by atoms with Gasteiger partial charge in [-0.25, -0.2) is 9.97 Å². The molecular formula is C20H21N5. The van der Waals surface area contributed by atoms with Crippen LogP contribution in [-0.2, 0) is 0 Å². The van der Waals surface area contributed by atoms with Gasteiger partial charge >= 0.3 is 0 Å². The van der Waals surface area contributed by atoms with E-state index >= 15 is 0 Å². The molecule has 1 aromatic carbocycles.